The minimum absolute atomic E-state index is 0.426. The summed E-state index contributed by atoms with van der Waals surface area (Å²) < 4.78 is 27.7. The normalized spacial score (nSPS) is 20.2. The summed E-state index contributed by atoms with van der Waals surface area (Å²) in [6.45, 7) is 8.36. The summed E-state index contributed by atoms with van der Waals surface area (Å²) in [6, 6.07) is 1.78. The molecule has 1 atom stereocenters. The molecular formula is C14H25N3O2S2. The first-order chi connectivity index (χ1) is 9.96. The lowest BCUT2D eigenvalue weighted by atomic mass is 10.1. The van der Waals surface area contributed by atoms with Gasteiger partial charge < -0.3 is 10.2 Å². The Morgan fingerprint density at radius 1 is 1.48 bits per heavy atom. The van der Waals surface area contributed by atoms with Crippen molar-refractivity contribution in [2.75, 3.05) is 33.2 Å². The molecule has 2 heterocycles. The van der Waals surface area contributed by atoms with Crippen molar-refractivity contribution in [1.29, 1.82) is 0 Å². The monoisotopic (exact) mass is 331 g/mol. The number of hydrogen-bond donors (Lipinski definition) is 2. The maximum atomic E-state index is 12.4. The summed E-state index contributed by atoms with van der Waals surface area (Å²) in [5, 5.41) is 3.05. The van der Waals surface area contributed by atoms with Crippen LogP contribution in [0.25, 0.3) is 0 Å². The van der Waals surface area contributed by atoms with Gasteiger partial charge in [0.25, 0.3) is 0 Å². The molecule has 0 bridgehead atoms. The van der Waals surface area contributed by atoms with Crippen LogP contribution in [0, 0.1) is 12.8 Å². The van der Waals surface area contributed by atoms with E-state index in [9.17, 15) is 8.42 Å². The van der Waals surface area contributed by atoms with Crippen molar-refractivity contribution in [3.05, 3.63) is 15.8 Å². The van der Waals surface area contributed by atoms with Gasteiger partial charge in [-0.15, -0.1) is 11.3 Å². The largest absolute Gasteiger partial charge is 0.315 e. The van der Waals surface area contributed by atoms with Crippen molar-refractivity contribution in [1.82, 2.24) is 14.9 Å². The first-order valence-corrected chi connectivity index (χ1v) is 9.72. The zero-order valence-electron chi connectivity index (χ0n) is 13.0. The van der Waals surface area contributed by atoms with Gasteiger partial charge in [-0.1, -0.05) is 6.92 Å². The smallest absolute Gasteiger partial charge is 0.241 e. The molecule has 0 saturated carbocycles. The Kier molecular flexibility index (Phi) is 5.79. The van der Waals surface area contributed by atoms with E-state index in [1.54, 1.807) is 6.07 Å². The van der Waals surface area contributed by atoms with Gasteiger partial charge in [0, 0.05) is 29.4 Å². The summed E-state index contributed by atoms with van der Waals surface area (Å²) in [5.41, 5.74) is 0. The quantitative estimate of drug-likeness (QED) is 0.793. The molecule has 5 nitrogen and oxygen atoms in total. The van der Waals surface area contributed by atoms with Crippen molar-refractivity contribution in [3.63, 3.8) is 0 Å². The van der Waals surface area contributed by atoms with Gasteiger partial charge in [-0.2, -0.15) is 0 Å². The Labute approximate surface area is 131 Å². The maximum absolute atomic E-state index is 12.4. The van der Waals surface area contributed by atoms with E-state index in [2.05, 4.69) is 21.9 Å². The van der Waals surface area contributed by atoms with Crippen molar-refractivity contribution >= 4 is 21.4 Å². The van der Waals surface area contributed by atoms with Crippen molar-refractivity contribution in [2.24, 2.45) is 5.92 Å². The molecule has 2 rings (SSSR count). The topological polar surface area (TPSA) is 61.4 Å². The standard InChI is InChI=1S/C14H25N3O2S2/c1-4-17-6-5-12(10-17)8-16-21(18,19)14-7-13(9-15-3)20-11(14)2/h7,12,15-16H,4-6,8-10H2,1-3H3. The van der Waals surface area contributed by atoms with E-state index >= 15 is 0 Å². The summed E-state index contributed by atoms with van der Waals surface area (Å²) in [7, 11) is -1.52. The highest BCUT2D eigenvalue weighted by molar-refractivity contribution is 7.89. The number of likely N-dealkylation sites (tertiary alicyclic amines) is 1. The molecule has 0 amide bonds. The Morgan fingerprint density at radius 3 is 2.86 bits per heavy atom. The average molecular weight is 332 g/mol. The molecule has 21 heavy (non-hydrogen) atoms. The Bertz CT molecular complexity index is 569. The maximum Gasteiger partial charge on any atom is 0.241 e. The number of hydrogen-bond acceptors (Lipinski definition) is 5. The van der Waals surface area contributed by atoms with Gasteiger partial charge >= 0.3 is 0 Å². The second-order valence-corrected chi connectivity index (χ2v) is 8.64. The summed E-state index contributed by atoms with van der Waals surface area (Å²) in [5.74, 6) is 0.426. The van der Waals surface area contributed by atoms with Crippen LogP contribution in [0.5, 0.6) is 0 Å². The first-order valence-electron chi connectivity index (χ1n) is 7.42. The zero-order chi connectivity index (χ0) is 15.5. The van der Waals surface area contributed by atoms with E-state index in [-0.39, 0.29) is 0 Å². The third-order valence-corrected chi connectivity index (χ3v) is 6.67. The van der Waals surface area contributed by atoms with E-state index in [0.717, 1.165) is 35.8 Å². The predicted molar refractivity (Wildman–Crippen MR) is 87.2 cm³/mol. The summed E-state index contributed by atoms with van der Waals surface area (Å²) in [4.78, 5) is 4.70. The number of thiophene rings is 1. The Morgan fingerprint density at radius 2 is 2.24 bits per heavy atom. The van der Waals surface area contributed by atoms with Crippen LogP contribution in [0.15, 0.2) is 11.0 Å². The highest BCUT2D eigenvalue weighted by atomic mass is 32.2. The lowest BCUT2D eigenvalue weighted by Gasteiger charge is -2.13. The first kappa shape index (κ1) is 16.9. The number of sulfonamides is 1. The number of aryl methyl sites for hydroxylation is 1. The van der Waals surface area contributed by atoms with Crippen molar-refractivity contribution in [3.8, 4) is 0 Å². The van der Waals surface area contributed by atoms with E-state index in [1.165, 1.54) is 11.3 Å². The zero-order valence-corrected chi connectivity index (χ0v) is 14.6. The summed E-state index contributed by atoms with van der Waals surface area (Å²) >= 11 is 1.54. The molecule has 1 aliphatic heterocycles. The van der Waals surface area contributed by atoms with Crippen molar-refractivity contribution in [2.45, 2.75) is 31.7 Å². The second-order valence-electron chi connectivity index (χ2n) is 5.56. The fraction of sp³-hybridized carbons (Fsp3) is 0.714. The molecule has 1 saturated heterocycles. The van der Waals surface area contributed by atoms with Crippen LogP contribution in [-0.4, -0.2) is 46.5 Å². The Hall–Kier alpha value is -0.470. The molecule has 1 aliphatic rings. The van der Waals surface area contributed by atoms with Gasteiger partial charge in [-0.3, -0.25) is 0 Å². The van der Waals surface area contributed by atoms with Gasteiger partial charge in [0.05, 0.1) is 4.90 Å². The van der Waals surface area contributed by atoms with Crippen molar-refractivity contribution < 1.29 is 8.42 Å². The lowest BCUT2D eigenvalue weighted by molar-refractivity contribution is 0.342. The molecule has 120 valence electrons. The Balaban J connectivity index is 1.98. The van der Waals surface area contributed by atoms with Crippen LogP contribution in [0.2, 0.25) is 0 Å². The molecular weight excluding hydrogens is 306 g/mol. The highest BCUT2D eigenvalue weighted by Gasteiger charge is 2.25. The second kappa shape index (κ2) is 7.19. The van der Waals surface area contributed by atoms with Gasteiger partial charge in [0.1, 0.15) is 0 Å². The third-order valence-electron chi connectivity index (χ3n) is 3.94. The fourth-order valence-electron chi connectivity index (χ4n) is 2.72. The van der Waals surface area contributed by atoms with E-state index in [0.29, 0.717) is 23.9 Å². The molecule has 1 fully saturated rings. The van der Waals surface area contributed by atoms with Crippen LogP contribution in [0.1, 0.15) is 23.1 Å². The van der Waals surface area contributed by atoms with Crippen LogP contribution in [0.4, 0.5) is 0 Å². The van der Waals surface area contributed by atoms with Crippen LogP contribution in [0.3, 0.4) is 0 Å². The number of rotatable bonds is 7. The van der Waals surface area contributed by atoms with E-state index < -0.39 is 10.0 Å². The minimum atomic E-state index is -3.39. The van der Waals surface area contributed by atoms with Gasteiger partial charge in [-0.25, -0.2) is 13.1 Å². The van der Waals surface area contributed by atoms with Gasteiger partial charge in [0.15, 0.2) is 0 Å². The minimum Gasteiger partial charge on any atom is -0.315 e. The summed E-state index contributed by atoms with van der Waals surface area (Å²) in [6.07, 6.45) is 1.07. The van der Waals surface area contributed by atoms with Gasteiger partial charge in [0.2, 0.25) is 10.0 Å². The van der Waals surface area contributed by atoms with Crippen LogP contribution in [-0.2, 0) is 16.6 Å². The molecule has 1 unspecified atom stereocenters. The third kappa shape index (κ3) is 4.26. The molecule has 1 aromatic rings. The molecule has 7 heteroatoms. The van der Waals surface area contributed by atoms with Crippen LogP contribution < -0.4 is 10.0 Å². The fourth-order valence-corrected chi connectivity index (χ4v) is 5.49. The lowest BCUT2D eigenvalue weighted by Crippen LogP contribution is -2.31. The SMILES string of the molecule is CCN1CCC(CNS(=O)(=O)c2cc(CNC)sc2C)C1. The number of nitrogens with zero attached hydrogens (tertiary/aromatic N) is 1. The highest BCUT2D eigenvalue weighted by Crippen LogP contribution is 2.26. The molecule has 1 aromatic heterocycles. The van der Waals surface area contributed by atoms with Crippen LogP contribution >= 0.6 is 11.3 Å². The molecule has 0 aromatic carbocycles. The average Bonchev–Trinajstić information content (AvgIpc) is 3.04. The molecule has 2 N–H and O–H groups in total. The van der Waals surface area contributed by atoms with E-state index in [1.807, 2.05) is 14.0 Å². The predicted octanol–water partition coefficient (Wildman–Crippen LogP) is 1.40. The van der Waals surface area contributed by atoms with Gasteiger partial charge in [-0.05, 0) is 45.5 Å². The molecule has 0 aliphatic carbocycles. The molecule has 0 radical (unpaired) electrons. The molecule has 0 spiro atoms. The van der Waals surface area contributed by atoms with E-state index in [4.69, 9.17) is 0 Å². The number of nitrogens with one attached hydrogen (secondary N) is 2.